The molecule has 33 heavy (non-hydrogen) atoms. The summed E-state index contributed by atoms with van der Waals surface area (Å²) in [6.45, 7) is 3.06. The van der Waals surface area contributed by atoms with E-state index in [1.165, 1.54) is 12.3 Å². The van der Waals surface area contributed by atoms with Gasteiger partial charge < -0.3 is 25.8 Å². The van der Waals surface area contributed by atoms with Crippen LogP contribution in [0.1, 0.15) is 47.7 Å². The Bertz CT molecular complexity index is 963. The topological polar surface area (TPSA) is 116 Å². The number of amides is 2. The van der Waals surface area contributed by atoms with Gasteiger partial charge >= 0.3 is 0 Å². The van der Waals surface area contributed by atoms with Crippen molar-refractivity contribution in [3.05, 3.63) is 64.0 Å². The van der Waals surface area contributed by atoms with Crippen molar-refractivity contribution in [3.8, 4) is 5.88 Å². The fourth-order valence-corrected chi connectivity index (χ4v) is 4.07. The number of ether oxygens (including phenoxy) is 1. The Morgan fingerprint density at radius 3 is 2.64 bits per heavy atom. The third-order valence-corrected chi connectivity index (χ3v) is 6.19. The Labute approximate surface area is 199 Å². The Hall–Kier alpha value is -2.68. The number of hydrogen-bond acceptors (Lipinski definition) is 5. The standard InChI is InChI=1S/C24H30ClN4O4/c1-16(30)29-12-9-20(10-13-29)33-24-22(25)21(8-11-27-24)23(32)28-15-19(31)7-6-17-4-2-3-5-18(17)14-26/h2-5,8,11,19-20,26,31H,6-7,9-10,12-15H2,1H3,(H,28,32)/q-1/t19-/m0/s1. The number of halogens is 1. The predicted octanol–water partition coefficient (Wildman–Crippen LogP) is 3.40. The first-order chi connectivity index (χ1) is 15.9. The number of benzene rings is 1. The van der Waals surface area contributed by atoms with Crippen LogP contribution < -0.4 is 10.1 Å². The SMILES string of the molecule is CC(=O)N1CCC(Oc2nccc(C(=O)NC[C@@H](O)CCc3ccccc3C[NH-])c2Cl)CC1. The van der Waals surface area contributed by atoms with Gasteiger partial charge in [-0.1, -0.05) is 41.4 Å². The number of likely N-dealkylation sites (tertiary alicyclic amines) is 1. The molecule has 8 nitrogen and oxygen atoms in total. The van der Waals surface area contributed by atoms with Crippen LogP contribution in [-0.4, -0.2) is 58.6 Å². The zero-order chi connectivity index (χ0) is 23.8. The minimum Gasteiger partial charge on any atom is -0.674 e. The molecule has 2 amide bonds. The van der Waals surface area contributed by atoms with Crippen molar-refractivity contribution in [1.29, 1.82) is 0 Å². The highest BCUT2D eigenvalue weighted by molar-refractivity contribution is 6.35. The Kier molecular flexibility index (Phi) is 9.05. The van der Waals surface area contributed by atoms with Crippen LogP contribution in [0.4, 0.5) is 0 Å². The maximum absolute atomic E-state index is 12.6. The van der Waals surface area contributed by atoms with Crippen LogP contribution in [0.5, 0.6) is 5.88 Å². The molecule has 1 aromatic heterocycles. The van der Waals surface area contributed by atoms with Crippen molar-refractivity contribution < 1.29 is 19.4 Å². The molecule has 9 heteroatoms. The van der Waals surface area contributed by atoms with E-state index < -0.39 is 12.0 Å². The summed E-state index contributed by atoms with van der Waals surface area (Å²) >= 11 is 6.40. The van der Waals surface area contributed by atoms with Gasteiger partial charge in [-0.05, 0) is 24.5 Å². The van der Waals surface area contributed by atoms with Gasteiger partial charge in [0.15, 0.2) is 0 Å². The highest BCUT2D eigenvalue weighted by atomic mass is 35.5. The van der Waals surface area contributed by atoms with E-state index in [4.69, 9.17) is 22.1 Å². The van der Waals surface area contributed by atoms with Crippen LogP contribution in [-0.2, 0) is 17.8 Å². The molecule has 178 valence electrons. The van der Waals surface area contributed by atoms with Crippen LogP contribution in [0.15, 0.2) is 36.5 Å². The Morgan fingerprint density at radius 2 is 1.97 bits per heavy atom. The van der Waals surface area contributed by atoms with E-state index in [1.54, 1.807) is 11.8 Å². The number of nitrogens with zero attached hydrogens (tertiary/aromatic N) is 2. The second kappa shape index (κ2) is 12.0. The van der Waals surface area contributed by atoms with Crippen molar-refractivity contribution >= 4 is 23.4 Å². The van der Waals surface area contributed by atoms with E-state index >= 15 is 0 Å². The molecule has 1 aliphatic heterocycles. The molecule has 1 aromatic carbocycles. The first kappa shape index (κ1) is 25.0. The maximum atomic E-state index is 12.6. The summed E-state index contributed by atoms with van der Waals surface area (Å²) in [6, 6.07) is 9.20. The van der Waals surface area contributed by atoms with E-state index in [0.29, 0.717) is 38.8 Å². The van der Waals surface area contributed by atoms with E-state index in [1.807, 2.05) is 24.3 Å². The maximum Gasteiger partial charge on any atom is 0.253 e. The highest BCUT2D eigenvalue weighted by Gasteiger charge is 2.24. The van der Waals surface area contributed by atoms with E-state index in [2.05, 4.69) is 10.3 Å². The number of aliphatic hydroxyl groups is 1. The average molecular weight is 474 g/mol. The number of carbonyl (C=O) groups is 2. The summed E-state index contributed by atoms with van der Waals surface area (Å²) in [5.74, 6) is -0.173. The quantitative estimate of drug-likeness (QED) is 0.579. The van der Waals surface area contributed by atoms with Crippen molar-refractivity contribution in [2.24, 2.45) is 0 Å². The molecule has 2 aromatic rings. The number of rotatable bonds is 9. The zero-order valence-electron chi connectivity index (χ0n) is 18.7. The van der Waals surface area contributed by atoms with Gasteiger partial charge in [-0.25, -0.2) is 4.98 Å². The monoisotopic (exact) mass is 473 g/mol. The van der Waals surface area contributed by atoms with Gasteiger partial charge in [0.1, 0.15) is 11.1 Å². The number of pyridine rings is 1. The fourth-order valence-electron chi connectivity index (χ4n) is 3.83. The molecule has 1 aliphatic rings. The Morgan fingerprint density at radius 1 is 1.27 bits per heavy atom. The fraction of sp³-hybridized carbons (Fsp3) is 0.458. The summed E-state index contributed by atoms with van der Waals surface area (Å²) in [6.07, 6.45) is 3.05. The van der Waals surface area contributed by atoms with Gasteiger partial charge in [-0.15, -0.1) is 6.54 Å². The summed E-state index contributed by atoms with van der Waals surface area (Å²) in [7, 11) is 0. The molecule has 0 radical (unpaired) electrons. The van der Waals surface area contributed by atoms with Crippen molar-refractivity contribution in [1.82, 2.24) is 15.2 Å². The zero-order valence-corrected chi connectivity index (χ0v) is 19.5. The largest absolute Gasteiger partial charge is 0.674 e. The molecule has 2 heterocycles. The molecule has 3 N–H and O–H groups in total. The third kappa shape index (κ3) is 6.90. The summed E-state index contributed by atoms with van der Waals surface area (Å²) in [5, 5.41) is 13.2. The molecule has 0 unspecified atom stereocenters. The molecule has 0 spiro atoms. The second-order valence-electron chi connectivity index (χ2n) is 8.15. The van der Waals surface area contributed by atoms with Gasteiger partial charge in [0.05, 0.1) is 11.7 Å². The lowest BCUT2D eigenvalue weighted by molar-refractivity contribution is -0.130. The van der Waals surface area contributed by atoms with Gasteiger partial charge in [0, 0.05) is 45.6 Å². The van der Waals surface area contributed by atoms with Gasteiger partial charge in [0.2, 0.25) is 11.8 Å². The molecule has 0 bridgehead atoms. The predicted molar refractivity (Wildman–Crippen MR) is 126 cm³/mol. The first-order valence-electron chi connectivity index (χ1n) is 11.1. The molecule has 0 saturated carbocycles. The molecule has 0 aliphatic carbocycles. The molecule has 1 atom stereocenters. The van der Waals surface area contributed by atoms with Crippen molar-refractivity contribution in [2.45, 2.75) is 51.4 Å². The van der Waals surface area contributed by atoms with Crippen LogP contribution in [0, 0.1) is 0 Å². The number of hydrogen-bond donors (Lipinski definition) is 2. The first-order valence-corrected chi connectivity index (χ1v) is 11.5. The summed E-state index contributed by atoms with van der Waals surface area (Å²) < 4.78 is 5.91. The van der Waals surface area contributed by atoms with Crippen LogP contribution in [0.2, 0.25) is 5.02 Å². The minimum atomic E-state index is -0.726. The highest BCUT2D eigenvalue weighted by Crippen LogP contribution is 2.28. The lowest BCUT2D eigenvalue weighted by Crippen LogP contribution is -2.40. The summed E-state index contributed by atoms with van der Waals surface area (Å²) in [5.41, 5.74) is 9.79. The van der Waals surface area contributed by atoms with Crippen molar-refractivity contribution in [2.75, 3.05) is 19.6 Å². The molecule has 1 saturated heterocycles. The van der Waals surface area contributed by atoms with Crippen LogP contribution in [0.25, 0.3) is 5.73 Å². The number of carbonyl (C=O) groups excluding carboxylic acids is 2. The molecule has 3 rings (SSSR count). The smallest absolute Gasteiger partial charge is 0.253 e. The van der Waals surface area contributed by atoms with Crippen LogP contribution >= 0.6 is 11.6 Å². The van der Waals surface area contributed by atoms with Gasteiger partial charge in [0.25, 0.3) is 5.91 Å². The van der Waals surface area contributed by atoms with Gasteiger partial charge in [-0.3, -0.25) is 9.59 Å². The molecular weight excluding hydrogens is 444 g/mol. The molecule has 1 fully saturated rings. The number of aryl methyl sites for hydroxylation is 1. The number of piperidine rings is 1. The van der Waals surface area contributed by atoms with Gasteiger partial charge in [-0.2, -0.15) is 0 Å². The lowest BCUT2D eigenvalue weighted by Gasteiger charge is -2.31. The number of aliphatic hydroxyl groups excluding tert-OH is 1. The van der Waals surface area contributed by atoms with E-state index in [0.717, 1.165) is 11.1 Å². The second-order valence-corrected chi connectivity index (χ2v) is 8.53. The molecular formula is C24H30ClN4O4-. The van der Waals surface area contributed by atoms with Crippen LogP contribution in [0.3, 0.4) is 0 Å². The normalized spacial score (nSPS) is 15.2. The number of nitrogens with one attached hydrogen (secondary N) is 2. The number of aromatic nitrogens is 1. The Balaban J connectivity index is 1.51. The third-order valence-electron chi connectivity index (χ3n) is 5.82. The average Bonchev–Trinajstić information content (AvgIpc) is 2.83. The van der Waals surface area contributed by atoms with E-state index in [-0.39, 0.29) is 41.6 Å². The van der Waals surface area contributed by atoms with Crippen molar-refractivity contribution in [3.63, 3.8) is 0 Å². The summed E-state index contributed by atoms with van der Waals surface area (Å²) in [4.78, 5) is 30.1. The van der Waals surface area contributed by atoms with E-state index in [9.17, 15) is 14.7 Å². The minimum absolute atomic E-state index is 0.0473. The lowest BCUT2D eigenvalue weighted by atomic mass is 10.0.